The predicted octanol–water partition coefficient (Wildman–Crippen LogP) is 1.27. The highest BCUT2D eigenvalue weighted by Crippen LogP contribution is 2.32. The Balaban J connectivity index is 2.08. The van der Waals surface area contributed by atoms with Gasteiger partial charge in [0, 0.05) is 19.4 Å². The summed E-state index contributed by atoms with van der Waals surface area (Å²) in [5.41, 5.74) is 0.493. The van der Waals surface area contributed by atoms with Gasteiger partial charge in [0.05, 0.1) is 18.7 Å². The molecular formula is C16H18F2N2O5. The molecule has 2 N–H and O–H groups in total. The van der Waals surface area contributed by atoms with Crippen LogP contribution in [0, 0.1) is 5.92 Å². The molecule has 0 saturated carbocycles. The van der Waals surface area contributed by atoms with Gasteiger partial charge in [-0.2, -0.15) is 0 Å². The van der Waals surface area contributed by atoms with Crippen LogP contribution in [0.1, 0.15) is 12.8 Å². The van der Waals surface area contributed by atoms with E-state index in [2.05, 4.69) is 5.32 Å². The summed E-state index contributed by atoms with van der Waals surface area (Å²) in [5.74, 6) is -2.97. The number of amides is 2. The average molecular weight is 356 g/mol. The van der Waals surface area contributed by atoms with Crippen molar-refractivity contribution in [2.45, 2.75) is 25.3 Å². The fourth-order valence-corrected chi connectivity index (χ4v) is 2.66. The molecule has 136 valence electrons. The van der Waals surface area contributed by atoms with Gasteiger partial charge in [0.1, 0.15) is 11.8 Å². The van der Waals surface area contributed by atoms with Crippen molar-refractivity contribution >= 4 is 23.5 Å². The number of carbonyl (C=O) groups excluding carboxylic acids is 2. The van der Waals surface area contributed by atoms with E-state index in [4.69, 9.17) is 9.84 Å². The van der Waals surface area contributed by atoms with Crippen LogP contribution in [0.4, 0.5) is 14.5 Å². The van der Waals surface area contributed by atoms with Gasteiger partial charge in [0.25, 0.3) is 0 Å². The molecule has 2 unspecified atom stereocenters. The Morgan fingerprint density at radius 2 is 2.08 bits per heavy atom. The molecule has 1 aromatic rings. The molecule has 9 heteroatoms. The zero-order valence-electron chi connectivity index (χ0n) is 13.4. The number of benzene rings is 1. The lowest BCUT2D eigenvalue weighted by Gasteiger charge is -2.20. The number of rotatable bonds is 7. The summed E-state index contributed by atoms with van der Waals surface area (Å²) in [6, 6.07) is 5.08. The number of alkyl halides is 2. The van der Waals surface area contributed by atoms with E-state index in [1.807, 2.05) is 0 Å². The molecular weight excluding hydrogens is 338 g/mol. The third-order valence-corrected chi connectivity index (χ3v) is 3.90. The van der Waals surface area contributed by atoms with Crippen molar-refractivity contribution in [2.24, 2.45) is 5.92 Å². The molecule has 1 heterocycles. The van der Waals surface area contributed by atoms with Crippen molar-refractivity contribution in [3.8, 4) is 5.75 Å². The van der Waals surface area contributed by atoms with Crippen LogP contribution in [0.2, 0.25) is 0 Å². The van der Waals surface area contributed by atoms with Gasteiger partial charge in [-0.05, 0) is 12.1 Å². The zero-order chi connectivity index (χ0) is 18.6. The van der Waals surface area contributed by atoms with Gasteiger partial charge < -0.3 is 20.1 Å². The number of hydrogen-bond donors (Lipinski definition) is 2. The van der Waals surface area contributed by atoms with Crippen molar-refractivity contribution in [1.82, 2.24) is 5.32 Å². The van der Waals surface area contributed by atoms with Crippen molar-refractivity contribution in [3.05, 3.63) is 24.3 Å². The highest BCUT2D eigenvalue weighted by Gasteiger charge is 2.37. The van der Waals surface area contributed by atoms with Crippen molar-refractivity contribution in [3.63, 3.8) is 0 Å². The summed E-state index contributed by atoms with van der Waals surface area (Å²) in [6.45, 7) is 0.0199. The fourth-order valence-electron chi connectivity index (χ4n) is 2.66. The molecule has 1 aliphatic rings. The first kappa shape index (κ1) is 18.6. The second-order valence-corrected chi connectivity index (χ2v) is 5.60. The minimum atomic E-state index is -2.86. The van der Waals surface area contributed by atoms with Gasteiger partial charge in [-0.15, -0.1) is 0 Å². The Hall–Kier alpha value is -2.71. The number of carboxylic acids is 1. The lowest BCUT2D eigenvalue weighted by Crippen LogP contribution is -2.45. The van der Waals surface area contributed by atoms with Crippen molar-refractivity contribution < 1.29 is 33.0 Å². The van der Waals surface area contributed by atoms with Crippen LogP contribution in [0.3, 0.4) is 0 Å². The van der Waals surface area contributed by atoms with Crippen LogP contribution < -0.4 is 15.0 Å². The Morgan fingerprint density at radius 3 is 2.68 bits per heavy atom. The standard InChI is InChI=1S/C16H18F2N2O5/c1-25-12-5-3-2-4-11(12)20-8-9(6-14(20)21)15(22)19-10(16(23)24)7-13(17)18/h2-5,9-10,13H,6-8H2,1H3,(H,19,22)(H,23,24). The number of hydrogen-bond acceptors (Lipinski definition) is 4. The number of aliphatic carboxylic acids is 1. The quantitative estimate of drug-likeness (QED) is 0.767. The molecule has 2 amide bonds. The number of carboxylic acid groups (broad SMARTS) is 1. The number of carbonyl (C=O) groups is 3. The minimum Gasteiger partial charge on any atom is -0.495 e. The monoisotopic (exact) mass is 356 g/mol. The first-order valence-corrected chi connectivity index (χ1v) is 7.58. The summed E-state index contributed by atoms with van der Waals surface area (Å²) < 4.78 is 30.0. The highest BCUT2D eigenvalue weighted by molar-refractivity contribution is 6.01. The number of halogens is 2. The first-order chi connectivity index (χ1) is 11.8. The Labute approximate surface area is 142 Å². The maximum Gasteiger partial charge on any atom is 0.326 e. The number of nitrogens with zero attached hydrogens (tertiary/aromatic N) is 1. The SMILES string of the molecule is COc1ccccc1N1CC(C(=O)NC(CC(F)F)C(=O)O)CC1=O. The molecule has 0 spiro atoms. The molecule has 25 heavy (non-hydrogen) atoms. The Morgan fingerprint density at radius 1 is 1.40 bits per heavy atom. The van der Waals surface area contributed by atoms with Crippen LogP contribution in [-0.2, 0) is 14.4 Å². The van der Waals surface area contributed by atoms with Gasteiger partial charge in [-0.25, -0.2) is 13.6 Å². The lowest BCUT2D eigenvalue weighted by atomic mass is 10.1. The molecule has 1 saturated heterocycles. The molecule has 0 aliphatic carbocycles. The van der Waals surface area contributed by atoms with Gasteiger partial charge >= 0.3 is 5.97 Å². The maximum atomic E-state index is 12.4. The maximum absolute atomic E-state index is 12.4. The summed E-state index contributed by atoms with van der Waals surface area (Å²) >= 11 is 0. The van der Waals surface area contributed by atoms with Gasteiger partial charge in [0.2, 0.25) is 18.2 Å². The molecule has 1 fully saturated rings. The molecule has 7 nitrogen and oxygen atoms in total. The van der Waals surface area contributed by atoms with Crippen LogP contribution in [0.5, 0.6) is 5.75 Å². The second-order valence-electron chi connectivity index (χ2n) is 5.60. The summed E-state index contributed by atoms with van der Waals surface area (Å²) in [5, 5.41) is 11.0. The number of anilines is 1. The number of para-hydroxylation sites is 2. The normalized spacial score (nSPS) is 18.3. The van der Waals surface area contributed by atoms with Crippen LogP contribution in [-0.4, -0.2) is 49.0 Å². The van der Waals surface area contributed by atoms with E-state index >= 15 is 0 Å². The largest absolute Gasteiger partial charge is 0.495 e. The van der Waals surface area contributed by atoms with Gasteiger partial charge in [-0.3, -0.25) is 9.59 Å². The smallest absolute Gasteiger partial charge is 0.326 e. The summed E-state index contributed by atoms with van der Waals surface area (Å²) in [7, 11) is 1.45. The van der Waals surface area contributed by atoms with Gasteiger partial charge in [0.15, 0.2) is 0 Å². The van der Waals surface area contributed by atoms with Crippen LogP contribution in [0.15, 0.2) is 24.3 Å². The number of ether oxygens (including phenoxy) is 1. The van der Waals surface area contributed by atoms with Crippen LogP contribution >= 0.6 is 0 Å². The fraction of sp³-hybridized carbons (Fsp3) is 0.438. The topological polar surface area (TPSA) is 95.9 Å². The Bertz CT molecular complexity index is 668. The summed E-state index contributed by atoms with van der Waals surface area (Å²) in [4.78, 5) is 36.7. The Kier molecular flexibility index (Phi) is 5.89. The number of methoxy groups -OCH3 is 1. The van der Waals surface area contributed by atoms with E-state index < -0.39 is 36.7 Å². The average Bonchev–Trinajstić information content (AvgIpc) is 2.95. The molecule has 0 aromatic heterocycles. The molecule has 0 bridgehead atoms. The molecule has 0 radical (unpaired) electrons. The van der Waals surface area contributed by atoms with Crippen LogP contribution in [0.25, 0.3) is 0 Å². The van der Waals surface area contributed by atoms with Crippen molar-refractivity contribution in [1.29, 1.82) is 0 Å². The summed E-state index contributed by atoms with van der Waals surface area (Å²) in [6.07, 6.45) is -3.99. The molecule has 2 rings (SSSR count). The molecule has 1 aliphatic heterocycles. The van der Waals surface area contributed by atoms with E-state index in [9.17, 15) is 23.2 Å². The third kappa shape index (κ3) is 4.43. The predicted molar refractivity (Wildman–Crippen MR) is 83.6 cm³/mol. The van der Waals surface area contributed by atoms with E-state index in [-0.39, 0.29) is 18.9 Å². The zero-order valence-corrected chi connectivity index (χ0v) is 13.4. The molecule has 2 atom stereocenters. The van der Waals surface area contributed by atoms with E-state index in [0.717, 1.165) is 0 Å². The van der Waals surface area contributed by atoms with E-state index in [0.29, 0.717) is 11.4 Å². The van der Waals surface area contributed by atoms with Crippen molar-refractivity contribution in [2.75, 3.05) is 18.6 Å². The third-order valence-electron chi connectivity index (χ3n) is 3.90. The van der Waals surface area contributed by atoms with Gasteiger partial charge in [-0.1, -0.05) is 12.1 Å². The number of nitrogens with one attached hydrogen (secondary N) is 1. The lowest BCUT2D eigenvalue weighted by molar-refractivity contribution is -0.143. The first-order valence-electron chi connectivity index (χ1n) is 7.58. The highest BCUT2D eigenvalue weighted by atomic mass is 19.3. The van der Waals surface area contributed by atoms with E-state index in [1.54, 1.807) is 24.3 Å². The minimum absolute atomic E-state index is 0.0199. The second kappa shape index (κ2) is 7.91. The molecule has 1 aromatic carbocycles. The van der Waals surface area contributed by atoms with E-state index in [1.165, 1.54) is 12.0 Å².